The normalized spacial score (nSPS) is 16.6. The van der Waals surface area contributed by atoms with Crippen molar-refractivity contribution in [1.82, 2.24) is 10.6 Å². The van der Waals surface area contributed by atoms with Gasteiger partial charge in [-0.25, -0.2) is 4.39 Å². The molecule has 2 N–H and O–H groups in total. The van der Waals surface area contributed by atoms with Crippen molar-refractivity contribution in [2.75, 3.05) is 19.7 Å². The predicted molar refractivity (Wildman–Crippen MR) is 74.9 cm³/mol. The van der Waals surface area contributed by atoms with Crippen LogP contribution in [0.15, 0.2) is 12.1 Å². The van der Waals surface area contributed by atoms with Crippen LogP contribution >= 0.6 is 0 Å². The van der Waals surface area contributed by atoms with Gasteiger partial charge in [0.05, 0.1) is 5.60 Å². The van der Waals surface area contributed by atoms with Crippen molar-refractivity contribution in [3.63, 3.8) is 0 Å². The Labute approximate surface area is 118 Å². The Morgan fingerprint density at radius 2 is 2.00 bits per heavy atom. The molecule has 1 fully saturated rings. The summed E-state index contributed by atoms with van der Waals surface area (Å²) in [7, 11) is 0. The molecule has 0 radical (unpaired) electrons. The van der Waals surface area contributed by atoms with E-state index in [0.717, 1.165) is 18.7 Å². The van der Waals surface area contributed by atoms with E-state index in [9.17, 15) is 9.18 Å². The zero-order valence-corrected chi connectivity index (χ0v) is 12.2. The lowest BCUT2D eigenvalue weighted by molar-refractivity contribution is -0.136. The van der Waals surface area contributed by atoms with Gasteiger partial charge in [-0.3, -0.25) is 4.79 Å². The summed E-state index contributed by atoms with van der Waals surface area (Å²) in [6.07, 6.45) is 0. The van der Waals surface area contributed by atoms with Crippen molar-refractivity contribution in [3.8, 4) is 0 Å². The monoisotopic (exact) mass is 280 g/mol. The summed E-state index contributed by atoms with van der Waals surface area (Å²) in [6, 6.07) is 3.50. The van der Waals surface area contributed by atoms with E-state index in [-0.39, 0.29) is 23.9 Å². The highest BCUT2D eigenvalue weighted by molar-refractivity contribution is 5.77. The Morgan fingerprint density at radius 3 is 2.50 bits per heavy atom. The van der Waals surface area contributed by atoms with E-state index < -0.39 is 0 Å². The van der Waals surface area contributed by atoms with Crippen molar-refractivity contribution >= 4 is 5.91 Å². The van der Waals surface area contributed by atoms with Crippen LogP contribution in [0.4, 0.5) is 4.39 Å². The quantitative estimate of drug-likeness (QED) is 0.858. The molecular weight excluding hydrogens is 259 g/mol. The van der Waals surface area contributed by atoms with Gasteiger partial charge < -0.3 is 15.4 Å². The number of ether oxygens (including phenoxy) is 1. The third-order valence-electron chi connectivity index (χ3n) is 3.54. The largest absolute Gasteiger partial charge is 0.363 e. The second-order valence-corrected chi connectivity index (χ2v) is 5.66. The summed E-state index contributed by atoms with van der Waals surface area (Å²) >= 11 is 0. The van der Waals surface area contributed by atoms with Gasteiger partial charge in [0.1, 0.15) is 12.4 Å². The van der Waals surface area contributed by atoms with Crippen LogP contribution in [0.2, 0.25) is 0 Å². The van der Waals surface area contributed by atoms with E-state index >= 15 is 0 Å². The maximum absolute atomic E-state index is 13.5. The molecule has 1 aliphatic heterocycles. The standard InChI is InChI=1S/C15H21FN2O2/c1-10-4-12(5-11(2)14(10)16)6-18-13(19)7-20-15(3)8-17-9-15/h4-5,17H,6-9H2,1-3H3,(H,18,19). The SMILES string of the molecule is Cc1cc(CNC(=O)COC2(C)CNC2)cc(C)c1F. The van der Waals surface area contributed by atoms with E-state index in [1.165, 1.54) is 0 Å². The van der Waals surface area contributed by atoms with Gasteiger partial charge in [0.2, 0.25) is 5.91 Å². The van der Waals surface area contributed by atoms with E-state index in [4.69, 9.17) is 4.74 Å². The van der Waals surface area contributed by atoms with E-state index in [1.807, 2.05) is 6.92 Å². The maximum Gasteiger partial charge on any atom is 0.246 e. The molecule has 1 aromatic rings. The molecule has 0 unspecified atom stereocenters. The Hall–Kier alpha value is -1.46. The molecular formula is C15H21FN2O2. The second kappa shape index (κ2) is 5.89. The number of carbonyl (C=O) groups excluding carboxylic acids is 1. The molecule has 0 aliphatic carbocycles. The third-order valence-corrected chi connectivity index (χ3v) is 3.54. The number of carbonyl (C=O) groups is 1. The first-order valence-corrected chi connectivity index (χ1v) is 6.77. The highest BCUT2D eigenvalue weighted by Crippen LogP contribution is 2.15. The Balaban J connectivity index is 1.81. The van der Waals surface area contributed by atoms with Crippen LogP contribution in [0.25, 0.3) is 0 Å². The molecule has 0 bridgehead atoms. The van der Waals surface area contributed by atoms with Gasteiger partial charge in [-0.1, -0.05) is 12.1 Å². The zero-order valence-electron chi connectivity index (χ0n) is 12.2. The van der Waals surface area contributed by atoms with Gasteiger partial charge in [0, 0.05) is 19.6 Å². The Kier molecular flexibility index (Phi) is 4.40. The smallest absolute Gasteiger partial charge is 0.246 e. The van der Waals surface area contributed by atoms with Gasteiger partial charge in [0.15, 0.2) is 0 Å². The molecule has 1 aliphatic rings. The zero-order chi connectivity index (χ0) is 14.8. The average molecular weight is 280 g/mol. The van der Waals surface area contributed by atoms with Crippen molar-refractivity contribution < 1.29 is 13.9 Å². The first-order chi connectivity index (χ1) is 9.39. The fourth-order valence-electron chi connectivity index (χ4n) is 2.21. The Morgan fingerprint density at radius 1 is 1.40 bits per heavy atom. The molecule has 4 nitrogen and oxygen atoms in total. The number of amides is 1. The molecule has 5 heteroatoms. The summed E-state index contributed by atoms with van der Waals surface area (Å²) in [5.74, 6) is -0.341. The number of hydrogen-bond acceptors (Lipinski definition) is 3. The second-order valence-electron chi connectivity index (χ2n) is 5.66. The highest BCUT2D eigenvalue weighted by atomic mass is 19.1. The van der Waals surface area contributed by atoms with E-state index in [1.54, 1.807) is 26.0 Å². The molecule has 0 atom stereocenters. The van der Waals surface area contributed by atoms with Crippen LogP contribution in [-0.4, -0.2) is 31.2 Å². The number of hydrogen-bond donors (Lipinski definition) is 2. The molecule has 110 valence electrons. The molecule has 0 aromatic heterocycles. The number of rotatable bonds is 5. The molecule has 1 amide bonds. The highest BCUT2D eigenvalue weighted by Gasteiger charge is 2.32. The number of aryl methyl sites for hydroxylation is 2. The topological polar surface area (TPSA) is 50.4 Å². The fourth-order valence-corrected chi connectivity index (χ4v) is 2.21. The van der Waals surface area contributed by atoms with Gasteiger partial charge in [-0.15, -0.1) is 0 Å². The lowest BCUT2D eigenvalue weighted by Gasteiger charge is -2.38. The van der Waals surface area contributed by atoms with Gasteiger partial charge in [-0.05, 0) is 37.5 Å². The molecule has 1 aromatic carbocycles. The number of halogens is 1. The summed E-state index contributed by atoms with van der Waals surface area (Å²) in [4.78, 5) is 11.7. The summed E-state index contributed by atoms with van der Waals surface area (Å²) < 4.78 is 19.0. The molecule has 1 heterocycles. The minimum Gasteiger partial charge on any atom is -0.363 e. The average Bonchev–Trinajstić information content (AvgIpc) is 2.37. The summed E-state index contributed by atoms with van der Waals surface area (Å²) in [6.45, 7) is 7.41. The van der Waals surface area contributed by atoms with Crippen molar-refractivity contribution in [3.05, 3.63) is 34.6 Å². The predicted octanol–water partition coefficient (Wildman–Crippen LogP) is 1.44. The number of nitrogens with one attached hydrogen (secondary N) is 2. The molecule has 2 rings (SSSR count). The molecule has 0 saturated carbocycles. The first kappa shape index (κ1) is 14.9. The van der Waals surface area contributed by atoms with Crippen LogP contribution in [0.1, 0.15) is 23.6 Å². The molecule has 1 saturated heterocycles. The van der Waals surface area contributed by atoms with E-state index in [2.05, 4.69) is 10.6 Å². The van der Waals surface area contributed by atoms with Crippen LogP contribution in [0, 0.1) is 19.7 Å². The Bertz CT molecular complexity index is 490. The van der Waals surface area contributed by atoms with Gasteiger partial charge in [0.25, 0.3) is 0 Å². The lowest BCUT2D eigenvalue weighted by atomic mass is 10.0. The minimum absolute atomic E-state index is 0.0529. The van der Waals surface area contributed by atoms with Crippen LogP contribution in [0.3, 0.4) is 0 Å². The van der Waals surface area contributed by atoms with Crippen LogP contribution in [-0.2, 0) is 16.1 Å². The summed E-state index contributed by atoms with van der Waals surface area (Å²) in [5.41, 5.74) is 1.86. The van der Waals surface area contributed by atoms with Crippen molar-refractivity contribution in [2.24, 2.45) is 0 Å². The first-order valence-electron chi connectivity index (χ1n) is 6.77. The molecule has 0 spiro atoms. The van der Waals surface area contributed by atoms with Crippen LogP contribution < -0.4 is 10.6 Å². The van der Waals surface area contributed by atoms with Crippen molar-refractivity contribution in [1.29, 1.82) is 0 Å². The van der Waals surface area contributed by atoms with Gasteiger partial charge in [-0.2, -0.15) is 0 Å². The maximum atomic E-state index is 13.5. The molecule has 20 heavy (non-hydrogen) atoms. The van der Waals surface area contributed by atoms with Crippen molar-refractivity contribution in [2.45, 2.75) is 32.9 Å². The van der Waals surface area contributed by atoms with Crippen LogP contribution in [0.5, 0.6) is 0 Å². The third kappa shape index (κ3) is 3.55. The summed E-state index contributed by atoms with van der Waals surface area (Å²) in [5, 5.41) is 5.90. The fraction of sp³-hybridized carbons (Fsp3) is 0.533. The minimum atomic E-state index is -0.222. The van der Waals surface area contributed by atoms with E-state index in [0.29, 0.717) is 17.7 Å². The van der Waals surface area contributed by atoms with Gasteiger partial charge >= 0.3 is 0 Å². The lowest BCUT2D eigenvalue weighted by Crippen LogP contribution is -2.59. The number of benzene rings is 1.